The number of aliphatic carboxylic acids is 1. The van der Waals surface area contributed by atoms with Gasteiger partial charge in [-0.3, -0.25) is 9.59 Å². The zero-order chi connectivity index (χ0) is 12.0. The molecule has 0 unspecified atom stereocenters. The number of rotatable bonds is 5. The first-order chi connectivity index (χ1) is 6.88. The molecule has 6 heteroatoms. The van der Waals surface area contributed by atoms with E-state index in [9.17, 15) is 14.4 Å². The maximum Gasteiger partial charge on any atom is 0.343 e. The molecule has 1 N–H and O–H groups in total. The number of ether oxygens (including phenoxy) is 1. The number of ketones is 1. The van der Waals surface area contributed by atoms with Gasteiger partial charge >= 0.3 is 11.9 Å². The number of carbonyl (C=O) groups is 3. The van der Waals surface area contributed by atoms with Crippen molar-refractivity contribution in [1.29, 1.82) is 0 Å². The Balaban J connectivity index is 4.87. The van der Waals surface area contributed by atoms with E-state index in [0.717, 1.165) is 7.11 Å². The Morgan fingerprint density at radius 2 is 1.87 bits per heavy atom. The van der Waals surface area contributed by atoms with E-state index >= 15 is 0 Å². The van der Waals surface area contributed by atoms with Gasteiger partial charge in [-0.05, 0) is 0 Å². The van der Waals surface area contributed by atoms with E-state index in [2.05, 4.69) is 4.74 Å². The smallest absolute Gasteiger partial charge is 0.343 e. The number of carboxylic acids is 1. The fourth-order valence-electron chi connectivity index (χ4n) is 0.839. The molecule has 84 valence electrons. The van der Waals surface area contributed by atoms with Crippen LogP contribution in [0.5, 0.6) is 0 Å². The van der Waals surface area contributed by atoms with Crippen LogP contribution in [0.4, 0.5) is 0 Å². The number of carbonyl (C=O) groups excluding carboxylic acids is 2. The third-order valence-electron chi connectivity index (χ3n) is 1.40. The first-order valence-electron chi connectivity index (χ1n) is 4.10. The summed E-state index contributed by atoms with van der Waals surface area (Å²) in [7, 11) is 4.34. The summed E-state index contributed by atoms with van der Waals surface area (Å²) in [4.78, 5) is 34.2. The highest BCUT2D eigenvalue weighted by Gasteiger charge is 2.21. The van der Waals surface area contributed by atoms with Crippen molar-refractivity contribution < 1.29 is 24.2 Å². The van der Waals surface area contributed by atoms with Crippen LogP contribution in [-0.4, -0.2) is 48.9 Å². The summed E-state index contributed by atoms with van der Waals surface area (Å²) in [5, 5.41) is 8.41. The average molecular weight is 215 g/mol. The summed E-state index contributed by atoms with van der Waals surface area (Å²) in [5.41, 5.74) is -0.273. The van der Waals surface area contributed by atoms with Crippen LogP contribution in [0.3, 0.4) is 0 Å². The van der Waals surface area contributed by atoms with Crippen molar-refractivity contribution in [2.75, 3.05) is 21.2 Å². The van der Waals surface area contributed by atoms with E-state index in [-0.39, 0.29) is 5.57 Å². The van der Waals surface area contributed by atoms with Crippen LogP contribution in [0.25, 0.3) is 0 Å². The maximum atomic E-state index is 11.3. The summed E-state index contributed by atoms with van der Waals surface area (Å²) in [5.74, 6) is -2.90. The zero-order valence-electron chi connectivity index (χ0n) is 8.81. The summed E-state index contributed by atoms with van der Waals surface area (Å²) in [6, 6.07) is 0. The Hall–Kier alpha value is -1.85. The average Bonchev–Trinajstić information content (AvgIpc) is 2.11. The second-order valence-electron chi connectivity index (χ2n) is 2.99. The van der Waals surface area contributed by atoms with E-state index in [1.807, 2.05) is 0 Å². The van der Waals surface area contributed by atoms with Crippen molar-refractivity contribution in [2.24, 2.45) is 0 Å². The molecule has 0 aliphatic carbocycles. The number of nitrogens with zero attached hydrogens (tertiary/aromatic N) is 1. The van der Waals surface area contributed by atoms with Crippen LogP contribution in [0.1, 0.15) is 6.42 Å². The quantitative estimate of drug-likeness (QED) is 0.292. The molecule has 0 spiro atoms. The van der Waals surface area contributed by atoms with Gasteiger partial charge in [-0.15, -0.1) is 0 Å². The molecule has 0 aromatic heterocycles. The van der Waals surface area contributed by atoms with Gasteiger partial charge in [-0.1, -0.05) is 0 Å². The molecule has 0 fully saturated rings. The van der Waals surface area contributed by atoms with Crippen LogP contribution in [-0.2, 0) is 19.1 Å². The van der Waals surface area contributed by atoms with Gasteiger partial charge in [0.05, 0.1) is 7.11 Å². The Kier molecular flexibility index (Phi) is 5.08. The lowest BCUT2D eigenvalue weighted by Gasteiger charge is -2.08. The number of hydrogen-bond acceptors (Lipinski definition) is 5. The lowest BCUT2D eigenvalue weighted by molar-refractivity contribution is -0.140. The molecule has 0 amide bonds. The third kappa shape index (κ3) is 4.80. The van der Waals surface area contributed by atoms with Gasteiger partial charge in [-0.25, -0.2) is 4.79 Å². The molecule has 0 saturated heterocycles. The summed E-state index contributed by atoms with van der Waals surface area (Å²) in [6.07, 6.45) is 0.506. The molecule has 0 saturated carbocycles. The Labute approximate surface area is 87.1 Å². The van der Waals surface area contributed by atoms with Crippen molar-refractivity contribution in [1.82, 2.24) is 4.90 Å². The molecule has 0 bridgehead atoms. The third-order valence-corrected chi connectivity index (χ3v) is 1.40. The van der Waals surface area contributed by atoms with Crippen LogP contribution >= 0.6 is 0 Å². The minimum absolute atomic E-state index is 0.273. The van der Waals surface area contributed by atoms with Crippen LogP contribution in [0, 0.1) is 0 Å². The van der Waals surface area contributed by atoms with Gasteiger partial charge in [0.1, 0.15) is 12.0 Å². The van der Waals surface area contributed by atoms with E-state index in [1.54, 1.807) is 14.1 Å². The molecular weight excluding hydrogens is 202 g/mol. The van der Waals surface area contributed by atoms with E-state index in [0.29, 0.717) is 0 Å². The molecule has 15 heavy (non-hydrogen) atoms. The Morgan fingerprint density at radius 1 is 1.33 bits per heavy atom. The molecule has 0 aliphatic rings. The lowest BCUT2D eigenvalue weighted by atomic mass is 10.1. The number of Topliss-reactive ketones (excluding diaryl/α,β-unsaturated/α-hetero) is 1. The standard InChI is InChI=1S/C9H13NO5/c1-10(2)5-6(9(14)15-3)7(11)4-8(12)13/h5H,4H2,1-3H3,(H,12,13)/b6-5-. The SMILES string of the molecule is COC(=O)/C(=C\N(C)C)C(=O)CC(=O)O. The molecule has 0 atom stereocenters. The second kappa shape index (κ2) is 5.79. The highest BCUT2D eigenvalue weighted by atomic mass is 16.5. The summed E-state index contributed by atoms with van der Waals surface area (Å²) >= 11 is 0. The van der Waals surface area contributed by atoms with Gasteiger partial charge in [0.15, 0.2) is 5.78 Å². The molecular formula is C9H13NO5. The second-order valence-corrected chi connectivity index (χ2v) is 2.99. The van der Waals surface area contributed by atoms with Gasteiger partial charge in [-0.2, -0.15) is 0 Å². The fraction of sp³-hybridized carbons (Fsp3) is 0.444. The van der Waals surface area contributed by atoms with Crippen LogP contribution in [0.15, 0.2) is 11.8 Å². The first kappa shape index (κ1) is 13.2. The topological polar surface area (TPSA) is 83.9 Å². The number of carboxylic acid groups (broad SMARTS) is 1. The van der Waals surface area contributed by atoms with Gasteiger partial charge < -0.3 is 14.7 Å². The van der Waals surface area contributed by atoms with E-state index < -0.39 is 24.1 Å². The molecule has 0 radical (unpaired) electrons. The van der Waals surface area contributed by atoms with Crippen molar-refractivity contribution >= 4 is 17.7 Å². The predicted octanol–water partition coefficient (Wildman–Crippen LogP) is -0.351. The maximum absolute atomic E-state index is 11.3. The zero-order valence-corrected chi connectivity index (χ0v) is 8.81. The predicted molar refractivity (Wildman–Crippen MR) is 51.0 cm³/mol. The molecule has 0 rings (SSSR count). The first-order valence-corrected chi connectivity index (χ1v) is 4.10. The highest BCUT2D eigenvalue weighted by Crippen LogP contribution is 2.04. The van der Waals surface area contributed by atoms with Crippen molar-refractivity contribution in [3.63, 3.8) is 0 Å². The van der Waals surface area contributed by atoms with Crippen LogP contribution in [0.2, 0.25) is 0 Å². The Morgan fingerprint density at radius 3 is 2.20 bits per heavy atom. The van der Waals surface area contributed by atoms with Gasteiger partial charge in [0.25, 0.3) is 0 Å². The highest BCUT2D eigenvalue weighted by molar-refractivity contribution is 6.20. The summed E-state index contributed by atoms with van der Waals surface area (Å²) in [6.45, 7) is 0. The van der Waals surface area contributed by atoms with Crippen molar-refractivity contribution in [2.45, 2.75) is 6.42 Å². The van der Waals surface area contributed by atoms with Crippen molar-refractivity contribution in [3.8, 4) is 0 Å². The molecule has 0 aromatic carbocycles. The minimum atomic E-state index is -1.28. The van der Waals surface area contributed by atoms with Gasteiger partial charge in [0, 0.05) is 20.3 Å². The number of hydrogen-bond donors (Lipinski definition) is 1. The molecule has 0 aromatic rings. The molecule has 0 heterocycles. The van der Waals surface area contributed by atoms with E-state index in [4.69, 9.17) is 5.11 Å². The summed E-state index contributed by atoms with van der Waals surface area (Å²) < 4.78 is 4.37. The normalized spacial score (nSPS) is 10.7. The monoisotopic (exact) mass is 215 g/mol. The molecule has 0 aliphatic heterocycles. The fourth-order valence-corrected chi connectivity index (χ4v) is 0.839. The van der Waals surface area contributed by atoms with Crippen LogP contribution < -0.4 is 0 Å². The van der Waals surface area contributed by atoms with Gasteiger partial charge in [0.2, 0.25) is 0 Å². The minimum Gasteiger partial charge on any atom is -0.481 e. The lowest BCUT2D eigenvalue weighted by Crippen LogP contribution is -2.20. The Bertz CT molecular complexity index is 306. The van der Waals surface area contributed by atoms with E-state index in [1.165, 1.54) is 11.1 Å². The molecule has 6 nitrogen and oxygen atoms in total. The number of methoxy groups -OCH3 is 1. The number of esters is 1. The van der Waals surface area contributed by atoms with Crippen molar-refractivity contribution in [3.05, 3.63) is 11.8 Å². The largest absolute Gasteiger partial charge is 0.481 e.